The van der Waals surface area contributed by atoms with Gasteiger partial charge < -0.3 is 4.74 Å². The van der Waals surface area contributed by atoms with Crippen LogP contribution < -0.4 is 5.48 Å². The highest BCUT2D eigenvalue weighted by atomic mass is 16.7. The fourth-order valence-corrected chi connectivity index (χ4v) is 0.817. The molecule has 13 heavy (non-hydrogen) atoms. The lowest BCUT2D eigenvalue weighted by Crippen LogP contribution is -2.23. The van der Waals surface area contributed by atoms with Crippen molar-refractivity contribution < 1.29 is 9.57 Å². The predicted octanol–water partition coefficient (Wildman–Crippen LogP) is 1.47. The Labute approximate surface area is 77.2 Å². The average molecular weight is 180 g/mol. The summed E-state index contributed by atoms with van der Waals surface area (Å²) in [5.74, 6) is 0. The van der Waals surface area contributed by atoms with Gasteiger partial charge in [0.05, 0.1) is 19.9 Å². The summed E-state index contributed by atoms with van der Waals surface area (Å²) in [7, 11) is 3.02. The summed E-state index contributed by atoms with van der Waals surface area (Å²) in [5, 5.41) is 0. The van der Waals surface area contributed by atoms with Crippen LogP contribution in [0.25, 0.3) is 0 Å². The monoisotopic (exact) mass is 180 g/mol. The van der Waals surface area contributed by atoms with Gasteiger partial charge >= 0.3 is 6.02 Å². The minimum atomic E-state index is 0.328. The summed E-state index contributed by atoms with van der Waals surface area (Å²) in [6.45, 7) is 0. The molecule has 0 aliphatic carbocycles. The molecule has 1 aromatic rings. The number of hydrogen-bond acceptors (Lipinski definition) is 3. The van der Waals surface area contributed by atoms with Crippen molar-refractivity contribution in [3.05, 3.63) is 30.3 Å². The third-order valence-electron chi connectivity index (χ3n) is 1.37. The first-order chi connectivity index (χ1) is 6.36. The molecule has 0 saturated carbocycles. The van der Waals surface area contributed by atoms with Crippen molar-refractivity contribution in [3.8, 4) is 0 Å². The number of hydroxylamine groups is 1. The Morgan fingerprint density at radius 2 is 1.92 bits per heavy atom. The van der Waals surface area contributed by atoms with Crippen molar-refractivity contribution in [2.45, 2.75) is 0 Å². The number of nitrogens with zero attached hydrogens (tertiary/aromatic N) is 1. The first-order valence-electron chi connectivity index (χ1n) is 3.83. The number of amidine groups is 1. The molecule has 0 atom stereocenters. The summed E-state index contributed by atoms with van der Waals surface area (Å²) in [6, 6.07) is 9.80. The number of benzene rings is 1. The van der Waals surface area contributed by atoms with Gasteiger partial charge in [0, 0.05) is 0 Å². The number of aliphatic imine (C=N–C) groups is 1. The van der Waals surface area contributed by atoms with Crippen molar-refractivity contribution in [2.24, 2.45) is 4.99 Å². The second-order valence-electron chi connectivity index (χ2n) is 2.26. The second-order valence-corrected chi connectivity index (χ2v) is 2.26. The summed E-state index contributed by atoms with van der Waals surface area (Å²) in [4.78, 5) is 8.79. The first kappa shape index (κ1) is 9.54. The van der Waals surface area contributed by atoms with E-state index >= 15 is 0 Å². The number of hydrogen-bond donors (Lipinski definition) is 1. The van der Waals surface area contributed by atoms with Crippen LogP contribution in [0.1, 0.15) is 0 Å². The first-order valence-corrected chi connectivity index (χ1v) is 3.83. The van der Waals surface area contributed by atoms with Crippen LogP contribution in [-0.4, -0.2) is 20.2 Å². The third kappa shape index (κ3) is 3.13. The lowest BCUT2D eigenvalue weighted by molar-refractivity contribution is 0.121. The average Bonchev–Trinajstić information content (AvgIpc) is 2.19. The number of rotatable bonds is 2. The molecule has 0 bridgehead atoms. The normalized spacial score (nSPS) is 11.1. The Hall–Kier alpha value is -1.55. The zero-order valence-corrected chi connectivity index (χ0v) is 7.65. The van der Waals surface area contributed by atoms with Gasteiger partial charge in [-0.1, -0.05) is 18.2 Å². The van der Waals surface area contributed by atoms with Crippen molar-refractivity contribution in [3.63, 3.8) is 0 Å². The Bertz CT molecular complexity index is 272. The van der Waals surface area contributed by atoms with Crippen molar-refractivity contribution in [2.75, 3.05) is 14.2 Å². The number of ether oxygens (including phenoxy) is 1. The molecule has 0 spiro atoms. The summed E-state index contributed by atoms with van der Waals surface area (Å²) in [6.07, 6.45) is 0. The fraction of sp³-hybridized carbons (Fsp3) is 0.222. The molecule has 1 N–H and O–H groups in total. The molecule has 4 heteroatoms. The molecule has 0 amide bonds. The maximum Gasteiger partial charge on any atom is 0.314 e. The fourth-order valence-electron chi connectivity index (χ4n) is 0.817. The van der Waals surface area contributed by atoms with Crippen molar-refractivity contribution in [1.29, 1.82) is 0 Å². The second kappa shape index (κ2) is 5.16. The Balaban J connectivity index is 2.73. The van der Waals surface area contributed by atoms with Gasteiger partial charge in [0.15, 0.2) is 0 Å². The highest BCUT2D eigenvalue weighted by molar-refractivity contribution is 5.75. The van der Waals surface area contributed by atoms with E-state index in [-0.39, 0.29) is 0 Å². The minimum Gasteiger partial charge on any atom is -0.467 e. The lowest BCUT2D eigenvalue weighted by atomic mass is 10.3. The van der Waals surface area contributed by atoms with Gasteiger partial charge in [0.1, 0.15) is 0 Å². The van der Waals surface area contributed by atoms with E-state index in [4.69, 9.17) is 4.74 Å². The number of para-hydroxylation sites is 1. The molecule has 4 nitrogen and oxygen atoms in total. The van der Waals surface area contributed by atoms with Crippen LogP contribution >= 0.6 is 0 Å². The van der Waals surface area contributed by atoms with E-state index in [1.54, 1.807) is 0 Å². The zero-order valence-electron chi connectivity index (χ0n) is 7.65. The molecule has 0 fully saturated rings. The molecule has 70 valence electrons. The number of nitrogens with one attached hydrogen (secondary N) is 1. The highest BCUT2D eigenvalue weighted by Crippen LogP contribution is 2.09. The van der Waals surface area contributed by atoms with Crippen LogP contribution in [-0.2, 0) is 9.57 Å². The molecular weight excluding hydrogens is 168 g/mol. The Morgan fingerprint density at radius 1 is 1.23 bits per heavy atom. The van der Waals surface area contributed by atoms with E-state index in [9.17, 15) is 0 Å². The summed E-state index contributed by atoms with van der Waals surface area (Å²) >= 11 is 0. The maximum atomic E-state index is 4.91. The van der Waals surface area contributed by atoms with E-state index in [1.807, 2.05) is 30.3 Å². The lowest BCUT2D eigenvalue weighted by Gasteiger charge is -2.04. The largest absolute Gasteiger partial charge is 0.467 e. The van der Waals surface area contributed by atoms with Crippen LogP contribution in [0.2, 0.25) is 0 Å². The third-order valence-corrected chi connectivity index (χ3v) is 1.37. The van der Waals surface area contributed by atoms with Gasteiger partial charge in [-0.2, -0.15) is 4.99 Å². The van der Waals surface area contributed by atoms with Gasteiger partial charge in [-0.3, -0.25) is 4.84 Å². The quantitative estimate of drug-likeness (QED) is 0.426. The standard InChI is InChI=1S/C9H12N2O2/c1-12-9(11-13-2)10-8-6-4-3-5-7-8/h3-7H,1-2H3,(H,10,11). The van der Waals surface area contributed by atoms with Crippen molar-refractivity contribution >= 4 is 11.7 Å². The molecule has 0 heterocycles. The van der Waals surface area contributed by atoms with E-state index in [0.717, 1.165) is 5.69 Å². The van der Waals surface area contributed by atoms with Crippen LogP contribution in [0.15, 0.2) is 35.3 Å². The summed E-state index contributed by atoms with van der Waals surface area (Å²) < 4.78 is 4.91. The molecule has 1 rings (SSSR count). The van der Waals surface area contributed by atoms with Gasteiger partial charge in [-0.05, 0) is 12.1 Å². The molecule has 0 aliphatic rings. The molecule has 0 aromatic heterocycles. The van der Waals surface area contributed by atoms with E-state index in [0.29, 0.717) is 6.02 Å². The van der Waals surface area contributed by atoms with Crippen LogP contribution in [0.4, 0.5) is 5.69 Å². The Morgan fingerprint density at radius 3 is 2.46 bits per heavy atom. The predicted molar refractivity (Wildman–Crippen MR) is 50.7 cm³/mol. The zero-order chi connectivity index (χ0) is 9.52. The maximum absolute atomic E-state index is 4.91. The highest BCUT2D eigenvalue weighted by Gasteiger charge is 1.95. The SMILES string of the molecule is CONC(=Nc1ccccc1)OC. The van der Waals surface area contributed by atoms with Crippen LogP contribution in [0.3, 0.4) is 0 Å². The topological polar surface area (TPSA) is 42.8 Å². The molecule has 0 aliphatic heterocycles. The molecule has 1 aromatic carbocycles. The van der Waals surface area contributed by atoms with Gasteiger partial charge in [-0.25, -0.2) is 5.48 Å². The van der Waals surface area contributed by atoms with Gasteiger partial charge in [0.2, 0.25) is 0 Å². The van der Waals surface area contributed by atoms with E-state index in [1.165, 1.54) is 14.2 Å². The van der Waals surface area contributed by atoms with Gasteiger partial charge in [-0.15, -0.1) is 0 Å². The van der Waals surface area contributed by atoms with Gasteiger partial charge in [0.25, 0.3) is 0 Å². The van der Waals surface area contributed by atoms with Crippen LogP contribution in [0.5, 0.6) is 0 Å². The smallest absolute Gasteiger partial charge is 0.314 e. The Kier molecular flexibility index (Phi) is 3.78. The van der Waals surface area contributed by atoms with E-state index < -0.39 is 0 Å². The van der Waals surface area contributed by atoms with Crippen LogP contribution in [0, 0.1) is 0 Å². The summed E-state index contributed by atoms with van der Waals surface area (Å²) in [5.41, 5.74) is 3.32. The van der Waals surface area contributed by atoms with E-state index in [2.05, 4.69) is 15.3 Å². The molecular formula is C9H12N2O2. The molecule has 0 saturated heterocycles. The van der Waals surface area contributed by atoms with Crippen molar-refractivity contribution in [1.82, 2.24) is 5.48 Å². The molecule has 0 unspecified atom stereocenters. The molecule has 0 radical (unpaired) electrons. The minimum absolute atomic E-state index is 0.328. The number of methoxy groups -OCH3 is 1.